The van der Waals surface area contributed by atoms with Crippen LogP contribution >= 0.6 is 11.6 Å². The molecule has 0 aliphatic heterocycles. The quantitative estimate of drug-likeness (QED) is 0.757. The van der Waals surface area contributed by atoms with Gasteiger partial charge in [-0.05, 0) is 19.1 Å². The Hall–Kier alpha value is -1.22. The molecule has 0 aromatic carbocycles. The van der Waals surface area contributed by atoms with E-state index in [0.717, 1.165) is 5.76 Å². The molecule has 4 heteroatoms. The van der Waals surface area contributed by atoms with E-state index in [1.807, 2.05) is 13.0 Å². The monoisotopic (exact) mass is 199 g/mol. The summed E-state index contributed by atoms with van der Waals surface area (Å²) < 4.78 is 5.23. The Kier molecular flexibility index (Phi) is 3.14. The number of halogens is 1. The second-order valence-electron chi connectivity index (χ2n) is 2.60. The molecule has 0 spiro atoms. The van der Waals surface area contributed by atoms with Crippen LogP contribution in [0.2, 0.25) is 0 Å². The van der Waals surface area contributed by atoms with Crippen molar-refractivity contribution in [3.8, 4) is 0 Å². The van der Waals surface area contributed by atoms with Crippen molar-refractivity contribution in [1.82, 2.24) is 5.32 Å². The van der Waals surface area contributed by atoms with Crippen molar-refractivity contribution in [2.75, 3.05) is 0 Å². The van der Waals surface area contributed by atoms with E-state index >= 15 is 0 Å². The molecule has 0 unspecified atom stereocenters. The number of rotatable bonds is 3. The molecule has 1 aromatic rings. The molecule has 0 saturated heterocycles. The third-order valence-electron chi connectivity index (χ3n) is 1.47. The topological polar surface area (TPSA) is 42.2 Å². The van der Waals surface area contributed by atoms with Gasteiger partial charge in [-0.3, -0.25) is 4.79 Å². The van der Waals surface area contributed by atoms with E-state index in [9.17, 15) is 4.79 Å². The number of hydrogen-bond donors (Lipinski definition) is 1. The van der Waals surface area contributed by atoms with Crippen molar-refractivity contribution < 1.29 is 9.21 Å². The summed E-state index contributed by atoms with van der Waals surface area (Å²) in [6.07, 6.45) is 0. The smallest absolute Gasteiger partial charge is 0.262 e. The van der Waals surface area contributed by atoms with Gasteiger partial charge >= 0.3 is 0 Å². The maximum atomic E-state index is 10.9. The van der Waals surface area contributed by atoms with Gasteiger partial charge in [0.25, 0.3) is 5.91 Å². The number of carbonyl (C=O) groups is 1. The van der Waals surface area contributed by atoms with Crippen molar-refractivity contribution in [2.24, 2.45) is 0 Å². The normalized spacial score (nSPS) is 9.69. The molecular formula is C9H10ClNO2. The van der Waals surface area contributed by atoms with E-state index < -0.39 is 0 Å². The van der Waals surface area contributed by atoms with Crippen molar-refractivity contribution in [3.05, 3.63) is 35.3 Å². The van der Waals surface area contributed by atoms with E-state index in [2.05, 4.69) is 11.9 Å². The minimum absolute atomic E-state index is 0.0247. The fraction of sp³-hybridized carbons (Fsp3) is 0.222. The summed E-state index contributed by atoms with van der Waals surface area (Å²) in [5, 5.41) is 2.52. The lowest BCUT2D eigenvalue weighted by Crippen LogP contribution is -2.21. The predicted molar refractivity (Wildman–Crippen MR) is 50.3 cm³/mol. The van der Waals surface area contributed by atoms with Crippen LogP contribution in [0.25, 0.3) is 0 Å². The first-order chi connectivity index (χ1) is 6.09. The highest BCUT2D eigenvalue weighted by molar-refractivity contribution is 6.41. The molecule has 70 valence electrons. The van der Waals surface area contributed by atoms with Crippen LogP contribution in [0.15, 0.2) is 28.2 Å². The molecule has 0 aliphatic rings. The van der Waals surface area contributed by atoms with E-state index in [1.165, 1.54) is 0 Å². The lowest BCUT2D eigenvalue weighted by Gasteiger charge is -1.99. The van der Waals surface area contributed by atoms with Crippen molar-refractivity contribution >= 4 is 17.5 Å². The highest BCUT2D eigenvalue weighted by Gasteiger charge is 2.04. The second-order valence-corrected chi connectivity index (χ2v) is 3.06. The zero-order valence-corrected chi connectivity index (χ0v) is 8.02. The third-order valence-corrected chi connectivity index (χ3v) is 1.64. The van der Waals surface area contributed by atoms with Gasteiger partial charge in [0.2, 0.25) is 0 Å². The first kappa shape index (κ1) is 9.86. The molecule has 1 rings (SSSR count). The van der Waals surface area contributed by atoms with E-state index in [-0.39, 0.29) is 10.9 Å². The fourth-order valence-corrected chi connectivity index (χ4v) is 0.910. The zero-order chi connectivity index (χ0) is 9.84. The fourth-order valence-electron chi connectivity index (χ4n) is 0.843. The van der Waals surface area contributed by atoms with Crippen LogP contribution in [-0.2, 0) is 11.3 Å². The zero-order valence-electron chi connectivity index (χ0n) is 7.26. The molecule has 1 amide bonds. The third kappa shape index (κ3) is 2.95. The number of furan rings is 1. The summed E-state index contributed by atoms with van der Waals surface area (Å²) in [6, 6.07) is 3.63. The maximum Gasteiger partial charge on any atom is 0.262 e. The molecule has 3 nitrogen and oxygen atoms in total. The first-order valence-corrected chi connectivity index (χ1v) is 4.15. The van der Waals surface area contributed by atoms with E-state index in [0.29, 0.717) is 12.3 Å². The van der Waals surface area contributed by atoms with Crippen molar-refractivity contribution in [1.29, 1.82) is 0 Å². The molecular weight excluding hydrogens is 190 g/mol. The molecule has 1 heterocycles. The summed E-state index contributed by atoms with van der Waals surface area (Å²) >= 11 is 5.36. The van der Waals surface area contributed by atoms with Gasteiger partial charge in [-0.15, -0.1) is 0 Å². The summed E-state index contributed by atoms with van der Waals surface area (Å²) in [4.78, 5) is 10.9. The predicted octanol–water partition coefficient (Wildman–Crippen LogP) is 1.96. The molecule has 0 fully saturated rings. The molecule has 1 aromatic heterocycles. The summed E-state index contributed by atoms with van der Waals surface area (Å²) in [7, 11) is 0. The van der Waals surface area contributed by atoms with Crippen molar-refractivity contribution in [3.63, 3.8) is 0 Å². The van der Waals surface area contributed by atoms with Gasteiger partial charge in [0, 0.05) is 0 Å². The maximum absolute atomic E-state index is 10.9. The Morgan fingerprint density at radius 1 is 1.69 bits per heavy atom. The summed E-state index contributed by atoms with van der Waals surface area (Å²) in [6.45, 7) is 5.47. The lowest BCUT2D eigenvalue weighted by atomic mass is 10.4. The number of aryl methyl sites for hydroxylation is 1. The molecule has 0 atom stereocenters. The Labute approximate surface area is 81.4 Å². The highest BCUT2D eigenvalue weighted by atomic mass is 35.5. The average molecular weight is 200 g/mol. The molecule has 0 radical (unpaired) electrons. The van der Waals surface area contributed by atoms with Crippen LogP contribution in [0.3, 0.4) is 0 Å². The van der Waals surface area contributed by atoms with Crippen LogP contribution in [0.5, 0.6) is 0 Å². The Bertz CT molecular complexity index is 330. The Morgan fingerprint density at radius 3 is 2.85 bits per heavy atom. The average Bonchev–Trinajstić information content (AvgIpc) is 2.47. The van der Waals surface area contributed by atoms with Gasteiger partial charge in [-0.2, -0.15) is 0 Å². The Balaban J connectivity index is 2.44. The van der Waals surface area contributed by atoms with Gasteiger partial charge in [0.15, 0.2) is 0 Å². The Morgan fingerprint density at radius 2 is 2.38 bits per heavy atom. The van der Waals surface area contributed by atoms with Gasteiger partial charge in [0.1, 0.15) is 11.5 Å². The molecule has 0 saturated carbocycles. The van der Waals surface area contributed by atoms with Gasteiger partial charge in [-0.1, -0.05) is 18.2 Å². The van der Waals surface area contributed by atoms with Gasteiger partial charge in [0.05, 0.1) is 11.6 Å². The SMILES string of the molecule is C=C(Cl)C(=O)NCc1ccc(C)o1. The van der Waals surface area contributed by atoms with E-state index in [1.54, 1.807) is 6.07 Å². The number of amides is 1. The van der Waals surface area contributed by atoms with Crippen LogP contribution < -0.4 is 5.32 Å². The standard InChI is InChI=1S/C9H10ClNO2/c1-6-3-4-8(13-6)5-11-9(12)7(2)10/h3-4H,2,5H2,1H3,(H,11,12). The molecule has 1 N–H and O–H groups in total. The molecule has 13 heavy (non-hydrogen) atoms. The van der Waals surface area contributed by atoms with Crippen molar-refractivity contribution in [2.45, 2.75) is 13.5 Å². The second kappa shape index (κ2) is 4.14. The van der Waals surface area contributed by atoms with Crippen LogP contribution in [0.4, 0.5) is 0 Å². The van der Waals surface area contributed by atoms with Gasteiger partial charge in [-0.25, -0.2) is 0 Å². The summed E-state index contributed by atoms with van der Waals surface area (Å²) in [5.74, 6) is 1.13. The number of carbonyl (C=O) groups excluding carboxylic acids is 1. The number of hydrogen-bond acceptors (Lipinski definition) is 2. The van der Waals surface area contributed by atoms with Gasteiger partial charge < -0.3 is 9.73 Å². The molecule has 0 bridgehead atoms. The highest BCUT2D eigenvalue weighted by Crippen LogP contribution is 2.06. The van der Waals surface area contributed by atoms with Crippen LogP contribution in [0, 0.1) is 6.92 Å². The minimum atomic E-state index is -0.379. The minimum Gasteiger partial charge on any atom is -0.465 e. The van der Waals surface area contributed by atoms with Crippen LogP contribution in [0.1, 0.15) is 11.5 Å². The lowest BCUT2D eigenvalue weighted by molar-refractivity contribution is -0.117. The van der Waals surface area contributed by atoms with E-state index in [4.69, 9.17) is 16.0 Å². The largest absolute Gasteiger partial charge is 0.465 e. The first-order valence-electron chi connectivity index (χ1n) is 3.77. The summed E-state index contributed by atoms with van der Waals surface area (Å²) in [5.41, 5.74) is 0. The number of nitrogens with one attached hydrogen (secondary N) is 1. The molecule has 0 aliphatic carbocycles. The van der Waals surface area contributed by atoms with Crippen LogP contribution in [-0.4, -0.2) is 5.91 Å².